The van der Waals surface area contributed by atoms with Crippen LogP contribution in [-0.4, -0.2) is 72.5 Å². The second-order valence-corrected chi connectivity index (χ2v) is 9.14. The Kier molecular flexibility index (Phi) is 7.43. The quantitative estimate of drug-likeness (QED) is 0.336. The van der Waals surface area contributed by atoms with Crippen LogP contribution in [0.1, 0.15) is 20.1 Å². The Morgan fingerprint density at radius 3 is 2.48 bits per heavy atom. The zero-order valence-corrected chi connectivity index (χ0v) is 18.3. The van der Waals surface area contributed by atoms with E-state index in [1.807, 2.05) is 0 Å². The largest absolute Gasteiger partial charge is 0.472 e. The molecule has 1 aliphatic heterocycles. The fourth-order valence-electron chi connectivity index (χ4n) is 2.99. The SMILES string of the molecule is CCOP(=O)(O)OC[C@H]1O[C@@H](n2cnc3c(N)ncnc32)[C@H](O)[C@@H]1OP(=O)(O)OCC. The van der Waals surface area contributed by atoms with E-state index in [0.717, 1.165) is 0 Å². The molecule has 0 amide bonds. The molecular weight excluding hydrogens is 460 g/mol. The third-order valence-corrected chi connectivity index (χ3v) is 6.37. The van der Waals surface area contributed by atoms with Gasteiger partial charge >= 0.3 is 15.6 Å². The minimum absolute atomic E-state index is 0.0944. The lowest BCUT2D eigenvalue weighted by molar-refractivity contribution is -0.0513. The van der Waals surface area contributed by atoms with E-state index < -0.39 is 46.8 Å². The third-order valence-electron chi connectivity index (χ3n) is 4.21. The van der Waals surface area contributed by atoms with Gasteiger partial charge in [0.2, 0.25) is 0 Å². The number of phosphoric ester groups is 2. The summed E-state index contributed by atoms with van der Waals surface area (Å²) in [5.74, 6) is 0.0954. The molecule has 31 heavy (non-hydrogen) atoms. The van der Waals surface area contributed by atoms with Gasteiger partial charge in [0.15, 0.2) is 17.7 Å². The molecule has 6 atom stereocenters. The number of imidazole rings is 1. The van der Waals surface area contributed by atoms with Crippen LogP contribution in [0, 0.1) is 0 Å². The molecule has 174 valence electrons. The molecular formula is C14H23N5O10P2. The Labute approximate surface area is 176 Å². The Bertz CT molecular complexity index is 1010. The normalized spacial score (nSPS) is 27.9. The smallest absolute Gasteiger partial charge is 0.386 e. The van der Waals surface area contributed by atoms with Crippen molar-refractivity contribution >= 4 is 32.6 Å². The van der Waals surface area contributed by atoms with Gasteiger partial charge in [0.25, 0.3) is 0 Å². The Hall–Kier alpha value is -1.51. The number of aliphatic hydroxyl groups excluding tert-OH is 1. The standard InChI is InChI=1S/C14H23N5O10P2/c1-3-25-30(21,22)27-5-8-11(29-31(23,24)26-4-2)10(20)14(28-8)19-7-18-9-12(15)16-6-17-13(9)19/h6-8,10-11,14,20H,3-5H2,1-2H3,(H,21,22)(H,23,24)(H2,15,16,17)/t8-,10-,11-,14-/m1/s1. The van der Waals surface area contributed by atoms with E-state index in [4.69, 9.17) is 19.5 Å². The molecule has 5 N–H and O–H groups in total. The van der Waals surface area contributed by atoms with Gasteiger partial charge in [-0.25, -0.2) is 24.1 Å². The first kappa shape index (κ1) is 24.1. The number of hydrogen-bond acceptors (Lipinski definition) is 12. The molecule has 1 aliphatic rings. The lowest BCUT2D eigenvalue weighted by Gasteiger charge is -2.23. The van der Waals surface area contributed by atoms with Gasteiger partial charge in [-0.05, 0) is 13.8 Å². The molecule has 3 rings (SSSR count). The second kappa shape index (κ2) is 9.55. The molecule has 2 unspecified atom stereocenters. The van der Waals surface area contributed by atoms with Crippen molar-refractivity contribution in [1.29, 1.82) is 0 Å². The first-order valence-electron chi connectivity index (χ1n) is 9.12. The van der Waals surface area contributed by atoms with E-state index in [-0.39, 0.29) is 30.2 Å². The summed E-state index contributed by atoms with van der Waals surface area (Å²) in [5, 5.41) is 10.8. The van der Waals surface area contributed by atoms with Gasteiger partial charge in [-0.1, -0.05) is 0 Å². The van der Waals surface area contributed by atoms with Crippen LogP contribution in [-0.2, 0) is 32.0 Å². The molecule has 0 radical (unpaired) electrons. The number of anilines is 1. The van der Waals surface area contributed by atoms with Crippen LogP contribution in [0.15, 0.2) is 12.7 Å². The summed E-state index contributed by atoms with van der Waals surface area (Å²) in [7, 11) is -9.00. The number of ether oxygens (including phenoxy) is 1. The lowest BCUT2D eigenvalue weighted by atomic mass is 10.1. The van der Waals surface area contributed by atoms with Gasteiger partial charge in [0, 0.05) is 0 Å². The molecule has 2 aromatic heterocycles. The van der Waals surface area contributed by atoms with Crippen LogP contribution in [0.4, 0.5) is 5.82 Å². The first-order valence-corrected chi connectivity index (χ1v) is 12.1. The number of nitrogens with two attached hydrogens (primary N) is 1. The van der Waals surface area contributed by atoms with Crippen molar-refractivity contribution < 1.29 is 46.9 Å². The highest BCUT2D eigenvalue weighted by molar-refractivity contribution is 7.47. The van der Waals surface area contributed by atoms with Crippen molar-refractivity contribution in [3.05, 3.63) is 12.7 Å². The van der Waals surface area contributed by atoms with Crippen LogP contribution in [0.3, 0.4) is 0 Å². The maximum absolute atomic E-state index is 12.1. The van der Waals surface area contributed by atoms with E-state index in [9.17, 15) is 24.0 Å². The zero-order chi connectivity index (χ0) is 22.8. The van der Waals surface area contributed by atoms with Crippen LogP contribution in [0.5, 0.6) is 0 Å². The van der Waals surface area contributed by atoms with Gasteiger partial charge in [-0.15, -0.1) is 0 Å². The molecule has 2 aromatic rings. The lowest BCUT2D eigenvalue weighted by Crippen LogP contribution is -2.36. The van der Waals surface area contributed by atoms with Crippen molar-refractivity contribution in [3.8, 4) is 0 Å². The summed E-state index contributed by atoms with van der Waals surface area (Å²) >= 11 is 0. The van der Waals surface area contributed by atoms with Crippen molar-refractivity contribution in [2.24, 2.45) is 0 Å². The van der Waals surface area contributed by atoms with Gasteiger partial charge in [0.1, 0.15) is 30.2 Å². The summed E-state index contributed by atoms with van der Waals surface area (Å²) in [6, 6.07) is 0. The highest BCUT2D eigenvalue weighted by atomic mass is 31.2. The van der Waals surface area contributed by atoms with Crippen molar-refractivity contribution in [1.82, 2.24) is 19.5 Å². The molecule has 17 heteroatoms. The van der Waals surface area contributed by atoms with Crippen LogP contribution < -0.4 is 5.73 Å². The molecule has 0 saturated carbocycles. The summed E-state index contributed by atoms with van der Waals surface area (Å²) < 4.78 is 50.3. The monoisotopic (exact) mass is 483 g/mol. The van der Waals surface area contributed by atoms with Crippen LogP contribution in [0.2, 0.25) is 0 Å². The number of phosphoric acid groups is 2. The summed E-state index contributed by atoms with van der Waals surface area (Å²) in [6.45, 7) is 2.13. The number of nitrogens with zero attached hydrogens (tertiary/aromatic N) is 4. The van der Waals surface area contributed by atoms with E-state index in [1.165, 1.54) is 31.1 Å². The zero-order valence-electron chi connectivity index (χ0n) is 16.5. The molecule has 0 bridgehead atoms. The molecule has 0 aromatic carbocycles. The topological polar surface area (TPSA) is 211 Å². The molecule has 0 spiro atoms. The third kappa shape index (κ3) is 5.46. The first-order chi connectivity index (χ1) is 14.6. The minimum Gasteiger partial charge on any atom is -0.386 e. The summed E-state index contributed by atoms with van der Waals surface area (Å²) in [5.41, 5.74) is 6.23. The highest BCUT2D eigenvalue weighted by Gasteiger charge is 2.50. The molecule has 1 saturated heterocycles. The maximum Gasteiger partial charge on any atom is 0.472 e. The maximum atomic E-state index is 12.1. The second-order valence-electron chi connectivity index (χ2n) is 6.28. The van der Waals surface area contributed by atoms with E-state index in [0.29, 0.717) is 0 Å². The number of aromatic nitrogens is 4. The highest BCUT2D eigenvalue weighted by Crippen LogP contribution is 2.50. The predicted octanol–water partition coefficient (Wildman–Crippen LogP) is 0.342. The molecule has 3 heterocycles. The van der Waals surface area contributed by atoms with E-state index >= 15 is 0 Å². The van der Waals surface area contributed by atoms with Gasteiger partial charge < -0.3 is 25.4 Å². The van der Waals surface area contributed by atoms with Crippen LogP contribution >= 0.6 is 15.6 Å². The van der Waals surface area contributed by atoms with E-state index in [2.05, 4.69) is 24.0 Å². The number of fused-ring (bicyclic) bond motifs is 1. The van der Waals surface area contributed by atoms with Crippen LogP contribution in [0.25, 0.3) is 11.2 Å². The fourth-order valence-corrected chi connectivity index (χ4v) is 4.68. The summed E-state index contributed by atoms with van der Waals surface area (Å²) in [6.07, 6.45) is -3.04. The fraction of sp³-hybridized carbons (Fsp3) is 0.643. The van der Waals surface area contributed by atoms with Gasteiger partial charge in [-0.2, -0.15) is 0 Å². The number of nitrogen functional groups attached to an aromatic ring is 1. The van der Waals surface area contributed by atoms with Gasteiger partial charge in [-0.3, -0.25) is 22.7 Å². The number of hydrogen-bond donors (Lipinski definition) is 4. The molecule has 0 aliphatic carbocycles. The number of rotatable bonds is 10. The van der Waals surface area contributed by atoms with E-state index in [1.54, 1.807) is 0 Å². The Balaban J connectivity index is 1.89. The summed E-state index contributed by atoms with van der Waals surface area (Å²) in [4.78, 5) is 31.5. The molecule has 15 nitrogen and oxygen atoms in total. The van der Waals surface area contributed by atoms with Crippen molar-refractivity contribution in [2.75, 3.05) is 25.6 Å². The number of aliphatic hydroxyl groups is 1. The Morgan fingerprint density at radius 2 is 1.81 bits per heavy atom. The minimum atomic E-state index is -4.58. The Morgan fingerprint density at radius 1 is 1.13 bits per heavy atom. The average Bonchev–Trinajstić information content (AvgIpc) is 3.23. The van der Waals surface area contributed by atoms with Crippen molar-refractivity contribution in [2.45, 2.75) is 38.4 Å². The predicted molar refractivity (Wildman–Crippen MR) is 103 cm³/mol. The molecule has 1 fully saturated rings. The van der Waals surface area contributed by atoms with Crippen molar-refractivity contribution in [3.63, 3.8) is 0 Å². The van der Waals surface area contributed by atoms with Gasteiger partial charge in [0.05, 0.1) is 26.1 Å². The average molecular weight is 483 g/mol.